The molecular formula is C23H22N2O3. The predicted octanol–water partition coefficient (Wildman–Crippen LogP) is 4.55. The summed E-state index contributed by atoms with van der Waals surface area (Å²) in [7, 11) is 0. The molecule has 3 rings (SSSR count). The molecule has 0 unspecified atom stereocenters. The van der Waals surface area contributed by atoms with E-state index >= 15 is 0 Å². The molecule has 142 valence electrons. The van der Waals surface area contributed by atoms with E-state index in [0.717, 1.165) is 16.5 Å². The van der Waals surface area contributed by atoms with Crippen molar-refractivity contribution in [3.8, 4) is 0 Å². The first-order valence-corrected chi connectivity index (χ1v) is 9.11. The third-order valence-electron chi connectivity index (χ3n) is 4.27. The van der Waals surface area contributed by atoms with Crippen LogP contribution < -0.4 is 5.32 Å². The van der Waals surface area contributed by atoms with E-state index in [-0.39, 0.29) is 12.5 Å². The lowest BCUT2D eigenvalue weighted by Gasteiger charge is -2.08. The van der Waals surface area contributed by atoms with E-state index in [1.807, 2.05) is 54.6 Å². The first kappa shape index (κ1) is 19.3. The Labute approximate surface area is 164 Å². The fraction of sp³-hybridized carbons (Fsp3) is 0.174. The summed E-state index contributed by atoms with van der Waals surface area (Å²) in [5, 5.41) is 3.70. The number of pyridine rings is 1. The summed E-state index contributed by atoms with van der Waals surface area (Å²) >= 11 is 0. The van der Waals surface area contributed by atoms with Crippen LogP contribution >= 0.6 is 0 Å². The highest BCUT2D eigenvalue weighted by Gasteiger charge is 2.07. The summed E-state index contributed by atoms with van der Waals surface area (Å²) < 4.78 is 5.01. The molecule has 1 aromatic heterocycles. The highest BCUT2D eigenvalue weighted by atomic mass is 16.5. The van der Waals surface area contributed by atoms with Gasteiger partial charge in [-0.05, 0) is 35.8 Å². The van der Waals surface area contributed by atoms with Gasteiger partial charge in [0.2, 0.25) is 0 Å². The van der Waals surface area contributed by atoms with Crippen LogP contribution in [0, 0.1) is 0 Å². The van der Waals surface area contributed by atoms with E-state index in [2.05, 4.69) is 24.1 Å². The molecule has 1 N–H and O–H groups in total. The number of amides is 1. The molecule has 0 spiro atoms. The number of benzene rings is 2. The van der Waals surface area contributed by atoms with Crippen LogP contribution in [0.3, 0.4) is 0 Å². The van der Waals surface area contributed by atoms with Gasteiger partial charge in [0.1, 0.15) is 0 Å². The van der Waals surface area contributed by atoms with Gasteiger partial charge >= 0.3 is 5.97 Å². The standard InChI is InChI=1S/C23H22N2O3/c1-16(2)17-8-11-20(12-9-17)25-21(26)15-28-22(27)13-10-19-6-3-5-18-7-4-14-24-23(18)19/h3-14,16H,15H2,1-2H3,(H,25,26). The molecule has 28 heavy (non-hydrogen) atoms. The summed E-state index contributed by atoms with van der Waals surface area (Å²) in [6.45, 7) is 3.87. The highest BCUT2D eigenvalue weighted by molar-refractivity contribution is 5.96. The van der Waals surface area contributed by atoms with Gasteiger partial charge in [-0.15, -0.1) is 0 Å². The molecule has 0 bridgehead atoms. The van der Waals surface area contributed by atoms with Gasteiger partial charge in [-0.2, -0.15) is 0 Å². The second kappa shape index (κ2) is 8.95. The molecule has 0 aliphatic heterocycles. The zero-order valence-corrected chi connectivity index (χ0v) is 15.9. The summed E-state index contributed by atoms with van der Waals surface area (Å²) in [4.78, 5) is 28.2. The third kappa shape index (κ3) is 5.04. The Morgan fingerprint density at radius 1 is 1.07 bits per heavy atom. The number of ether oxygens (including phenoxy) is 1. The molecule has 0 aliphatic carbocycles. The van der Waals surface area contributed by atoms with Crippen molar-refractivity contribution >= 4 is 34.5 Å². The summed E-state index contributed by atoms with van der Waals surface area (Å²) in [6, 6.07) is 17.1. The minimum absolute atomic E-state index is 0.344. The van der Waals surface area contributed by atoms with Gasteiger partial charge in [0, 0.05) is 28.9 Å². The number of hydrogen-bond donors (Lipinski definition) is 1. The van der Waals surface area contributed by atoms with E-state index in [1.165, 1.54) is 11.6 Å². The lowest BCUT2D eigenvalue weighted by molar-refractivity contribution is -0.142. The number of para-hydroxylation sites is 1. The molecule has 3 aromatic rings. The lowest BCUT2D eigenvalue weighted by atomic mass is 10.0. The van der Waals surface area contributed by atoms with Crippen LogP contribution in [0.4, 0.5) is 5.69 Å². The third-order valence-corrected chi connectivity index (χ3v) is 4.27. The normalized spacial score (nSPS) is 11.1. The minimum Gasteiger partial charge on any atom is -0.452 e. The van der Waals surface area contributed by atoms with E-state index < -0.39 is 5.97 Å². The molecule has 0 atom stereocenters. The molecule has 0 saturated carbocycles. The lowest BCUT2D eigenvalue weighted by Crippen LogP contribution is -2.20. The average Bonchev–Trinajstić information content (AvgIpc) is 2.71. The molecule has 2 aromatic carbocycles. The Kier molecular flexibility index (Phi) is 6.17. The molecule has 0 saturated heterocycles. The molecule has 1 amide bonds. The second-order valence-electron chi connectivity index (χ2n) is 6.69. The first-order chi connectivity index (χ1) is 13.5. The average molecular weight is 374 g/mol. The molecule has 0 radical (unpaired) electrons. The fourth-order valence-electron chi connectivity index (χ4n) is 2.75. The summed E-state index contributed by atoms with van der Waals surface area (Å²) in [5.41, 5.74) is 3.47. The van der Waals surface area contributed by atoms with Gasteiger partial charge in [-0.1, -0.05) is 50.2 Å². The van der Waals surface area contributed by atoms with E-state index in [4.69, 9.17) is 4.74 Å². The predicted molar refractivity (Wildman–Crippen MR) is 111 cm³/mol. The smallest absolute Gasteiger partial charge is 0.331 e. The molecular weight excluding hydrogens is 352 g/mol. The first-order valence-electron chi connectivity index (χ1n) is 9.11. The van der Waals surface area contributed by atoms with E-state index in [1.54, 1.807) is 12.3 Å². The van der Waals surface area contributed by atoms with Crippen molar-refractivity contribution in [3.05, 3.63) is 78.0 Å². The van der Waals surface area contributed by atoms with Crippen LogP contribution in [0.5, 0.6) is 0 Å². The number of nitrogens with zero attached hydrogens (tertiary/aromatic N) is 1. The SMILES string of the molecule is CC(C)c1ccc(NC(=O)COC(=O)C=Cc2cccc3cccnc23)cc1. The number of hydrogen-bond acceptors (Lipinski definition) is 4. The van der Waals surface area contributed by atoms with Crippen LogP contribution in [0.15, 0.2) is 66.9 Å². The Balaban J connectivity index is 1.53. The van der Waals surface area contributed by atoms with E-state index in [0.29, 0.717) is 11.6 Å². The number of nitrogens with one attached hydrogen (secondary N) is 1. The number of aromatic nitrogens is 1. The van der Waals surface area contributed by atoms with Gasteiger partial charge < -0.3 is 10.1 Å². The topological polar surface area (TPSA) is 68.3 Å². The zero-order valence-electron chi connectivity index (χ0n) is 15.9. The van der Waals surface area contributed by atoms with Crippen molar-refractivity contribution in [3.63, 3.8) is 0 Å². The second-order valence-corrected chi connectivity index (χ2v) is 6.69. The monoisotopic (exact) mass is 374 g/mol. The zero-order chi connectivity index (χ0) is 19.9. The Hall–Kier alpha value is -3.47. The molecule has 1 heterocycles. The van der Waals surface area contributed by atoms with Crippen molar-refractivity contribution in [2.75, 3.05) is 11.9 Å². The van der Waals surface area contributed by atoms with Crippen molar-refractivity contribution in [2.24, 2.45) is 0 Å². The minimum atomic E-state index is -0.585. The fourth-order valence-corrected chi connectivity index (χ4v) is 2.75. The van der Waals surface area contributed by atoms with Crippen molar-refractivity contribution in [1.82, 2.24) is 4.98 Å². The maximum Gasteiger partial charge on any atom is 0.331 e. The van der Waals surface area contributed by atoms with Crippen LogP contribution in [0.1, 0.15) is 30.9 Å². The van der Waals surface area contributed by atoms with Crippen LogP contribution in [0.2, 0.25) is 0 Å². The number of rotatable bonds is 6. The van der Waals surface area contributed by atoms with Gasteiger partial charge in [-0.25, -0.2) is 4.79 Å². The molecule has 5 nitrogen and oxygen atoms in total. The van der Waals surface area contributed by atoms with Crippen molar-refractivity contribution in [1.29, 1.82) is 0 Å². The Morgan fingerprint density at radius 3 is 2.57 bits per heavy atom. The van der Waals surface area contributed by atoms with Gasteiger partial charge in [-0.3, -0.25) is 9.78 Å². The number of carbonyl (C=O) groups excluding carboxylic acids is 2. The van der Waals surface area contributed by atoms with Crippen LogP contribution in [0.25, 0.3) is 17.0 Å². The van der Waals surface area contributed by atoms with Crippen molar-refractivity contribution < 1.29 is 14.3 Å². The number of anilines is 1. The molecule has 0 aliphatic rings. The van der Waals surface area contributed by atoms with Crippen LogP contribution in [-0.4, -0.2) is 23.5 Å². The molecule has 5 heteroatoms. The number of fused-ring (bicyclic) bond motifs is 1. The maximum atomic E-state index is 12.0. The summed E-state index contributed by atoms with van der Waals surface area (Å²) in [5.74, 6) is -0.543. The largest absolute Gasteiger partial charge is 0.452 e. The molecule has 0 fully saturated rings. The maximum absolute atomic E-state index is 12.0. The highest BCUT2D eigenvalue weighted by Crippen LogP contribution is 2.18. The summed E-state index contributed by atoms with van der Waals surface area (Å²) in [6.07, 6.45) is 4.64. The number of carbonyl (C=O) groups is 2. The van der Waals surface area contributed by atoms with Gasteiger partial charge in [0.05, 0.1) is 5.52 Å². The van der Waals surface area contributed by atoms with Crippen LogP contribution in [-0.2, 0) is 14.3 Å². The quantitative estimate of drug-likeness (QED) is 0.507. The van der Waals surface area contributed by atoms with Crippen molar-refractivity contribution in [2.45, 2.75) is 19.8 Å². The van der Waals surface area contributed by atoms with Gasteiger partial charge in [0.25, 0.3) is 5.91 Å². The Morgan fingerprint density at radius 2 is 1.82 bits per heavy atom. The Bertz CT molecular complexity index is 1000. The van der Waals surface area contributed by atoms with E-state index in [9.17, 15) is 9.59 Å². The number of esters is 1. The van der Waals surface area contributed by atoms with Gasteiger partial charge in [0.15, 0.2) is 6.61 Å².